The molecule has 0 N–H and O–H groups in total. The number of hydrogen-bond donors (Lipinski definition) is 0. The lowest BCUT2D eigenvalue weighted by molar-refractivity contribution is -0.109. The van der Waals surface area contributed by atoms with Crippen molar-refractivity contribution in [2.24, 2.45) is 11.3 Å². The maximum absolute atomic E-state index is 6.33. The number of benzene rings is 1. The van der Waals surface area contributed by atoms with Gasteiger partial charge in [0.25, 0.3) is 0 Å². The summed E-state index contributed by atoms with van der Waals surface area (Å²) in [7, 11) is 0. The molecule has 0 aromatic heterocycles. The average Bonchev–Trinajstić information content (AvgIpc) is 3.12. The highest BCUT2D eigenvalue weighted by Crippen LogP contribution is 2.76. The molecule has 0 unspecified atom stereocenters. The Hall–Kier alpha value is -1.28. The van der Waals surface area contributed by atoms with Crippen LogP contribution in [0.15, 0.2) is 42.7 Å². The molecule has 2 fully saturated rings. The van der Waals surface area contributed by atoms with Gasteiger partial charge in [-0.15, -0.1) is 0 Å². The van der Waals surface area contributed by atoms with Crippen molar-refractivity contribution in [1.82, 2.24) is 0 Å². The monoisotopic (exact) mass is 256 g/mol. The van der Waals surface area contributed by atoms with Crippen LogP contribution in [0.4, 0.5) is 0 Å². The molecule has 0 bridgehead atoms. The molecule has 1 aliphatic carbocycles. The van der Waals surface area contributed by atoms with Gasteiger partial charge in [0, 0.05) is 17.9 Å². The van der Waals surface area contributed by atoms with Crippen LogP contribution in [0.2, 0.25) is 0 Å². The zero-order valence-corrected chi connectivity index (χ0v) is 11.3. The van der Waals surface area contributed by atoms with Crippen molar-refractivity contribution >= 4 is 0 Å². The molecule has 100 valence electrons. The Morgan fingerprint density at radius 1 is 1.26 bits per heavy atom. The zero-order chi connectivity index (χ0) is 12.9. The Kier molecular flexibility index (Phi) is 2.34. The van der Waals surface area contributed by atoms with E-state index in [4.69, 9.17) is 9.47 Å². The molecule has 0 amide bonds. The van der Waals surface area contributed by atoms with Gasteiger partial charge in [-0.3, -0.25) is 0 Å². The number of ether oxygens (including phenoxy) is 2. The van der Waals surface area contributed by atoms with E-state index in [0.29, 0.717) is 5.92 Å². The van der Waals surface area contributed by atoms with Crippen LogP contribution >= 0.6 is 0 Å². The van der Waals surface area contributed by atoms with Gasteiger partial charge in [-0.25, -0.2) is 0 Å². The van der Waals surface area contributed by atoms with Crippen molar-refractivity contribution < 1.29 is 9.47 Å². The highest BCUT2D eigenvalue weighted by molar-refractivity contribution is 5.40. The normalized spacial score (nSPS) is 43.0. The number of hydrogen-bond acceptors (Lipinski definition) is 2. The van der Waals surface area contributed by atoms with Crippen molar-refractivity contribution in [2.45, 2.75) is 37.9 Å². The predicted molar refractivity (Wildman–Crippen MR) is 73.5 cm³/mol. The lowest BCUT2D eigenvalue weighted by atomic mass is 9.89. The fourth-order valence-electron chi connectivity index (χ4n) is 4.56. The molecule has 4 atom stereocenters. The van der Waals surface area contributed by atoms with Crippen LogP contribution in [-0.4, -0.2) is 12.2 Å². The van der Waals surface area contributed by atoms with Gasteiger partial charge in [0.15, 0.2) is 6.10 Å². The quantitative estimate of drug-likeness (QED) is 0.800. The van der Waals surface area contributed by atoms with Gasteiger partial charge in [0.05, 0.1) is 6.26 Å². The minimum Gasteiger partial charge on any atom is -0.491 e. The molecule has 1 aromatic carbocycles. The molecule has 2 heterocycles. The maximum Gasteiger partial charge on any atom is 0.153 e. The van der Waals surface area contributed by atoms with Crippen LogP contribution in [0.5, 0.6) is 0 Å². The SMILES string of the molecule is CC[C@@]12C=CO[C@H](c3ccccc3)[C@@]13OCCC[C@H]32. The van der Waals surface area contributed by atoms with Crippen molar-refractivity contribution in [2.75, 3.05) is 6.61 Å². The summed E-state index contributed by atoms with van der Waals surface area (Å²) in [4.78, 5) is 0. The topological polar surface area (TPSA) is 18.5 Å². The fourth-order valence-corrected chi connectivity index (χ4v) is 4.56. The third-order valence-corrected chi connectivity index (χ3v) is 5.42. The molecule has 2 heteroatoms. The van der Waals surface area contributed by atoms with Gasteiger partial charge in [-0.1, -0.05) is 37.3 Å². The molecule has 1 saturated carbocycles. The van der Waals surface area contributed by atoms with E-state index in [1.54, 1.807) is 0 Å². The second kappa shape index (κ2) is 3.86. The highest BCUT2D eigenvalue weighted by Gasteiger charge is 2.81. The van der Waals surface area contributed by atoms with Crippen LogP contribution in [0.1, 0.15) is 37.9 Å². The standard InChI is InChI=1S/C17H20O2/c1-2-16-10-12-18-15(13-7-4-3-5-8-13)17(16)14(16)9-6-11-19-17/h3-5,7-8,10,12,14-15H,2,6,9,11H2,1H3/t14-,15+,16-,17+/m0/s1. The Morgan fingerprint density at radius 2 is 2.11 bits per heavy atom. The molecular weight excluding hydrogens is 236 g/mol. The van der Waals surface area contributed by atoms with Crippen LogP contribution in [0.25, 0.3) is 0 Å². The third-order valence-electron chi connectivity index (χ3n) is 5.42. The summed E-state index contributed by atoms with van der Waals surface area (Å²) >= 11 is 0. The fraction of sp³-hybridized carbons (Fsp3) is 0.529. The number of rotatable bonds is 2. The Bertz CT molecular complexity index is 509. The third kappa shape index (κ3) is 1.26. The molecular formula is C17H20O2. The zero-order valence-electron chi connectivity index (χ0n) is 11.3. The highest BCUT2D eigenvalue weighted by atomic mass is 16.6. The first-order valence-corrected chi connectivity index (χ1v) is 7.37. The van der Waals surface area contributed by atoms with Gasteiger partial charge in [-0.05, 0) is 30.9 Å². The Labute approximate surface area is 114 Å². The summed E-state index contributed by atoms with van der Waals surface area (Å²) in [5, 5.41) is 0. The van der Waals surface area contributed by atoms with Crippen molar-refractivity contribution in [1.29, 1.82) is 0 Å². The first-order chi connectivity index (χ1) is 9.35. The van der Waals surface area contributed by atoms with Gasteiger partial charge in [0.1, 0.15) is 5.60 Å². The summed E-state index contributed by atoms with van der Waals surface area (Å²) in [5.74, 6) is 0.628. The summed E-state index contributed by atoms with van der Waals surface area (Å²) < 4.78 is 12.3. The van der Waals surface area contributed by atoms with E-state index in [9.17, 15) is 0 Å². The molecule has 3 aliphatic rings. The summed E-state index contributed by atoms with van der Waals surface area (Å²) in [6, 6.07) is 10.5. The molecule has 2 nitrogen and oxygen atoms in total. The van der Waals surface area contributed by atoms with Crippen LogP contribution in [-0.2, 0) is 9.47 Å². The van der Waals surface area contributed by atoms with E-state index in [-0.39, 0.29) is 17.1 Å². The Morgan fingerprint density at radius 3 is 2.89 bits per heavy atom. The lowest BCUT2D eigenvalue weighted by Crippen LogP contribution is -2.36. The summed E-state index contributed by atoms with van der Waals surface area (Å²) in [6.07, 6.45) is 7.83. The van der Waals surface area contributed by atoms with E-state index in [2.05, 4.69) is 43.3 Å². The Balaban J connectivity index is 1.80. The van der Waals surface area contributed by atoms with Gasteiger partial charge in [0.2, 0.25) is 0 Å². The van der Waals surface area contributed by atoms with Crippen molar-refractivity contribution in [3.63, 3.8) is 0 Å². The molecule has 4 rings (SSSR count). The molecule has 1 aromatic rings. The number of fused-ring (bicyclic) bond motifs is 1. The molecule has 1 spiro atoms. The maximum atomic E-state index is 6.33. The molecule has 19 heavy (non-hydrogen) atoms. The predicted octanol–water partition coefficient (Wildman–Crippen LogP) is 3.85. The molecule has 1 saturated heterocycles. The minimum atomic E-state index is -0.101. The van der Waals surface area contributed by atoms with Gasteiger partial charge in [-0.2, -0.15) is 0 Å². The largest absolute Gasteiger partial charge is 0.491 e. The van der Waals surface area contributed by atoms with E-state index in [1.807, 2.05) is 6.26 Å². The second-order valence-corrected chi connectivity index (χ2v) is 5.96. The first kappa shape index (κ1) is 11.5. The van der Waals surface area contributed by atoms with E-state index < -0.39 is 0 Å². The van der Waals surface area contributed by atoms with Crippen molar-refractivity contribution in [3.05, 3.63) is 48.2 Å². The van der Waals surface area contributed by atoms with E-state index in [0.717, 1.165) is 13.0 Å². The van der Waals surface area contributed by atoms with Crippen LogP contribution in [0.3, 0.4) is 0 Å². The van der Waals surface area contributed by atoms with E-state index in [1.165, 1.54) is 18.4 Å². The average molecular weight is 256 g/mol. The van der Waals surface area contributed by atoms with Crippen LogP contribution < -0.4 is 0 Å². The lowest BCUT2D eigenvalue weighted by Gasteiger charge is -2.35. The second-order valence-electron chi connectivity index (χ2n) is 5.96. The minimum absolute atomic E-state index is 0.0592. The first-order valence-electron chi connectivity index (χ1n) is 7.37. The van der Waals surface area contributed by atoms with Gasteiger partial charge >= 0.3 is 0 Å². The summed E-state index contributed by atoms with van der Waals surface area (Å²) in [6.45, 7) is 3.15. The van der Waals surface area contributed by atoms with Crippen LogP contribution in [0, 0.1) is 11.3 Å². The molecule has 0 radical (unpaired) electrons. The molecule has 2 aliphatic heterocycles. The van der Waals surface area contributed by atoms with Crippen molar-refractivity contribution in [3.8, 4) is 0 Å². The van der Waals surface area contributed by atoms with E-state index >= 15 is 0 Å². The smallest absolute Gasteiger partial charge is 0.153 e. The summed E-state index contributed by atoms with van der Waals surface area (Å²) in [5.41, 5.74) is 1.35. The van der Waals surface area contributed by atoms with Gasteiger partial charge < -0.3 is 9.47 Å².